The van der Waals surface area contributed by atoms with E-state index in [0.29, 0.717) is 5.92 Å². The van der Waals surface area contributed by atoms with Gasteiger partial charge in [0.1, 0.15) is 0 Å². The average molecular weight is 438 g/mol. The number of hydrogen-bond acceptors (Lipinski definition) is 5. The quantitative estimate of drug-likeness (QED) is 0.636. The van der Waals surface area contributed by atoms with Gasteiger partial charge in [-0.2, -0.15) is 0 Å². The molecule has 1 aromatic heterocycles. The number of aromatic amines is 1. The van der Waals surface area contributed by atoms with Gasteiger partial charge in [0.05, 0.1) is 38.0 Å². The molecule has 0 bridgehead atoms. The summed E-state index contributed by atoms with van der Waals surface area (Å²) < 4.78 is 18.9. The van der Waals surface area contributed by atoms with Crippen LogP contribution >= 0.6 is 0 Å². The van der Waals surface area contributed by atoms with Crippen molar-refractivity contribution < 1.29 is 14.2 Å². The summed E-state index contributed by atoms with van der Waals surface area (Å²) >= 11 is 0. The molecule has 2 fully saturated rings. The van der Waals surface area contributed by atoms with E-state index in [-0.39, 0.29) is 17.8 Å². The Balaban J connectivity index is 1.18. The van der Waals surface area contributed by atoms with Crippen LogP contribution in [0, 0.1) is 5.92 Å². The number of benzene rings is 2. The highest BCUT2D eigenvalue weighted by Gasteiger charge is 2.31. The predicted octanol–water partition coefficient (Wildman–Crippen LogP) is 3.76. The first-order chi connectivity index (χ1) is 15.7. The summed E-state index contributed by atoms with van der Waals surface area (Å²) in [7, 11) is 3.31. The van der Waals surface area contributed by atoms with Crippen molar-refractivity contribution in [3.05, 3.63) is 58.5 Å². The lowest BCUT2D eigenvalue weighted by atomic mass is 9.98. The number of nitrogens with zero attached hydrogens (tertiary/aromatic N) is 2. The number of imidazole rings is 1. The monoisotopic (exact) mass is 437 g/mol. The van der Waals surface area contributed by atoms with Crippen molar-refractivity contribution in [2.45, 2.75) is 31.4 Å². The van der Waals surface area contributed by atoms with Crippen LogP contribution in [0.3, 0.4) is 0 Å². The van der Waals surface area contributed by atoms with Crippen molar-refractivity contribution in [3.63, 3.8) is 0 Å². The Morgan fingerprint density at radius 3 is 2.62 bits per heavy atom. The van der Waals surface area contributed by atoms with Gasteiger partial charge in [0.25, 0.3) is 0 Å². The Hall–Kier alpha value is -2.77. The third-order valence-corrected chi connectivity index (χ3v) is 6.92. The van der Waals surface area contributed by atoms with E-state index >= 15 is 0 Å². The van der Waals surface area contributed by atoms with Gasteiger partial charge in [-0.1, -0.05) is 18.2 Å². The van der Waals surface area contributed by atoms with Crippen LogP contribution in [0.1, 0.15) is 37.0 Å². The first-order valence-corrected chi connectivity index (χ1v) is 11.4. The number of nitrogens with one attached hydrogen (secondary N) is 1. The largest absolute Gasteiger partial charge is 0.493 e. The zero-order chi connectivity index (χ0) is 22.1. The van der Waals surface area contributed by atoms with Crippen LogP contribution in [-0.4, -0.2) is 54.9 Å². The summed E-state index contributed by atoms with van der Waals surface area (Å²) in [5.74, 6) is 2.00. The van der Waals surface area contributed by atoms with Gasteiger partial charge in [-0.05, 0) is 55.0 Å². The summed E-state index contributed by atoms with van der Waals surface area (Å²) in [5.41, 5.74) is 3.08. The van der Waals surface area contributed by atoms with Gasteiger partial charge in [-0.15, -0.1) is 0 Å². The Bertz CT molecular complexity index is 1130. The SMILES string of the molecule is COc1ccc(C2CC(CN3CCC(n4c(=O)[nH]c5ccccc54)CC3)CO2)cc1OC. The van der Waals surface area contributed by atoms with Crippen LogP contribution in [0.4, 0.5) is 0 Å². The number of methoxy groups -OCH3 is 2. The van der Waals surface area contributed by atoms with Crippen LogP contribution in [0.2, 0.25) is 0 Å². The molecule has 2 atom stereocenters. The fourth-order valence-corrected chi connectivity index (χ4v) is 5.27. The lowest BCUT2D eigenvalue weighted by molar-refractivity contribution is 0.100. The molecular weight excluding hydrogens is 406 g/mol. The van der Waals surface area contributed by atoms with E-state index in [1.165, 1.54) is 0 Å². The highest BCUT2D eigenvalue weighted by molar-refractivity contribution is 5.75. The zero-order valence-corrected chi connectivity index (χ0v) is 18.8. The number of H-pyrrole nitrogens is 1. The Kier molecular flexibility index (Phi) is 5.93. The van der Waals surface area contributed by atoms with Crippen LogP contribution in [0.5, 0.6) is 11.5 Å². The van der Waals surface area contributed by atoms with Gasteiger partial charge >= 0.3 is 5.69 Å². The molecule has 3 heterocycles. The molecule has 0 aliphatic carbocycles. The van der Waals surface area contributed by atoms with Crippen molar-refractivity contribution >= 4 is 11.0 Å². The average Bonchev–Trinajstić information content (AvgIpc) is 3.42. The van der Waals surface area contributed by atoms with Crippen LogP contribution in [0.15, 0.2) is 47.3 Å². The molecule has 7 heteroatoms. The van der Waals surface area contributed by atoms with Gasteiger partial charge in [0.15, 0.2) is 11.5 Å². The third kappa shape index (κ3) is 4.02. The summed E-state index contributed by atoms with van der Waals surface area (Å²) in [5, 5.41) is 0. The number of fused-ring (bicyclic) bond motifs is 1. The number of piperidine rings is 1. The molecule has 170 valence electrons. The second-order valence-electron chi connectivity index (χ2n) is 8.89. The molecule has 2 aromatic carbocycles. The second-order valence-corrected chi connectivity index (χ2v) is 8.89. The number of ether oxygens (including phenoxy) is 3. The van der Waals surface area contributed by atoms with Gasteiger partial charge in [0, 0.05) is 25.7 Å². The van der Waals surface area contributed by atoms with Crippen molar-refractivity contribution in [1.29, 1.82) is 0 Å². The fourth-order valence-electron chi connectivity index (χ4n) is 5.27. The lowest BCUT2D eigenvalue weighted by Crippen LogP contribution is -2.39. The highest BCUT2D eigenvalue weighted by atomic mass is 16.5. The third-order valence-electron chi connectivity index (χ3n) is 6.92. The van der Waals surface area contributed by atoms with Gasteiger partial charge in [-0.25, -0.2) is 4.79 Å². The molecule has 2 unspecified atom stereocenters. The molecular formula is C25H31N3O4. The minimum absolute atomic E-state index is 0.00612. The second kappa shape index (κ2) is 9.00. The standard InChI is InChI=1S/C25H31N3O4/c1-30-22-8-7-18(14-24(22)31-2)23-13-17(16-32-23)15-27-11-9-19(10-12-27)28-21-6-4-3-5-20(21)26-25(28)29/h3-8,14,17,19,23H,9-13,15-16H2,1-2H3,(H,26,29). The van der Waals surface area contributed by atoms with E-state index in [2.05, 4.69) is 16.0 Å². The molecule has 3 aromatic rings. The van der Waals surface area contributed by atoms with E-state index < -0.39 is 0 Å². The van der Waals surface area contributed by atoms with Gasteiger partial charge in [-0.3, -0.25) is 4.57 Å². The Morgan fingerprint density at radius 1 is 1.06 bits per heavy atom. The Labute approximate surface area is 187 Å². The van der Waals surface area contributed by atoms with Crippen LogP contribution in [0.25, 0.3) is 11.0 Å². The van der Waals surface area contributed by atoms with E-state index in [0.717, 1.165) is 73.6 Å². The maximum absolute atomic E-state index is 12.5. The molecule has 0 radical (unpaired) electrons. The first kappa shape index (κ1) is 21.1. The first-order valence-electron chi connectivity index (χ1n) is 11.4. The maximum Gasteiger partial charge on any atom is 0.326 e. The maximum atomic E-state index is 12.5. The minimum atomic E-state index is 0.00612. The van der Waals surface area contributed by atoms with E-state index in [1.54, 1.807) is 14.2 Å². The van der Waals surface area contributed by atoms with Crippen LogP contribution in [-0.2, 0) is 4.74 Å². The minimum Gasteiger partial charge on any atom is -0.493 e. The van der Waals surface area contributed by atoms with Crippen molar-refractivity contribution in [3.8, 4) is 11.5 Å². The molecule has 0 saturated carbocycles. The smallest absolute Gasteiger partial charge is 0.326 e. The van der Waals surface area contributed by atoms with Crippen molar-refractivity contribution in [1.82, 2.24) is 14.5 Å². The molecule has 2 aliphatic rings. The number of hydrogen-bond donors (Lipinski definition) is 1. The molecule has 0 amide bonds. The number of likely N-dealkylation sites (tertiary alicyclic amines) is 1. The topological polar surface area (TPSA) is 68.7 Å². The summed E-state index contributed by atoms with van der Waals surface area (Å²) in [6.07, 6.45) is 3.10. The van der Waals surface area contributed by atoms with Gasteiger partial charge < -0.3 is 24.1 Å². The van der Waals surface area contributed by atoms with E-state index in [1.807, 2.05) is 41.0 Å². The van der Waals surface area contributed by atoms with Gasteiger partial charge in [0.2, 0.25) is 0 Å². The highest BCUT2D eigenvalue weighted by Crippen LogP contribution is 2.37. The molecule has 5 rings (SSSR count). The fraction of sp³-hybridized carbons (Fsp3) is 0.480. The van der Waals surface area contributed by atoms with Crippen LogP contribution < -0.4 is 15.2 Å². The summed E-state index contributed by atoms with van der Waals surface area (Å²) in [6, 6.07) is 14.3. The normalized spacial score (nSPS) is 22.4. The van der Waals surface area contributed by atoms with E-state index in [9.17, 15) is 4.79 Å². The summed E-state index contributed by atoms with van der Waals surface area (Å²) in [6.45, 7) is 3.84. The molecule has 2 saturated heterocycles. The molecule has 32 heavy (non-hydrogen) atoms. The van der Waals surface area contributed by atoms with Crippen molar-refractivity contribution in [2.24, 2.45) is 5.92 Å². The van der Waals surface area contributed by atoms with Crippen molar-refractivity contribution in [2.75, 3.05) is 40.5 Å². The Morgan fingerprint density at radius 2 is 1.84 bits per heavy atom. The number of aromatic nitrogens is 2. The predicted molar refractivity (Wildman–Crippen MR) is 124 cm³/mol. The zero-order valence-electron chi connectivity index (χ0n) is 18.8. The molecule has 2 aliphatic heterocycles. The molecule has 0 spiro atoms. The summed E-state index contributed by atoms with van der Waals surface area (Å²) in [4.78, 5) is 18.0. The molecule has 7 nitrogen and oxygen atoms in total. The number of para-hydroxylation sites is 2. The molecule has 1 N–H and O–H groups in total. The number of rotatable bonds is 6. The van der Waals surface area contributed by atoms with E-state index in [4.69, 9.17) is 14.2 Å². The lowest BCUT2D eigenvalue weighted by Gasteiger charge is -2.33.